The van der Waals surface area contributed by atoms with Gasteiger partial charge in [-0.25, -0.2) is 14.4 Å². The Hall–Kier alpha value is -3.12. The summed E-state index contributed by atoms with van der Waals surface area (Å²) >= 11 is 1.64. The summed E-state index contributed by atoms with van der Waals surface area (Å²) < 4.78 is 13.2. The van der Waals surface area contributed by atoms with Crippen molar-refractivity contribution in [2.75, 3.05) is 5.43 Å². The molecule has 6 heteroatoms. The van der Waals surface area contributed by atoms with E-state index in [-0.39, 0.29) is 5.82 Å². The number of halogens is 1. The second-order valence-corrected chi connectivity index (χ2v) is 7.38. The third kappa shape index (κ3) is 3.77. The van der Waals surface area contributed by atoms with Gasteiger partial charge in [0.15, 0.2) is 5.82 Å². The largest absolute Gasteiger partial charge is 0.260 e. The summed E-state index contributed by atoms with van der Waals surface area (Å²) in [6, 6.07) is 18.7. The van der Waals surface area contributed by atoms with E-state index in [1.807, 2.05) is 32.0 Å². The molecule has 4 aromatic rings. The van der Waals surface area contributed by atoms with Gasteiger partial charge in [-0.05, 0) is 42.7 Å². The van der Waals surface area contributed by atoms with Crippen LogP contribution in [0.2, 0.25) is 0 Å². The van der Waals surface area contributed by atoms with Gasteiger partial charge in [0.2, 0.25) is 0 Å². The maximum absolute atomic E-state index is 13.2. The standard InChI is InChI=1S/C22H19FN4S/c1-3-19(15-9-11-17(23)12-10-15)26-27-21-18-13-20(16-7-5-4-6-8-16)28-22(18)25-14(2)24-21/h4-13H,3H2,1-2H3,(H,24,25,27)/b26-19-. The van der Waals surface area contributed by atoms with Crippen LogP contribution in [0, 0.1) is 12.7 Å². The van der Waals surface area contributed by atoms with Gasteiger partial charge in [0, 0.05) is 4.88 Å². The van der Waals surface area contributed by atoms with Crippen LogP contribution >= 0.6 is 11.3 Å². The number of anilines is 1. The lowest BCUT2D eigenvalue weighted by atomic mass is 10.1. The molecule has 0 aliphatic heterocycles. The quantitative estimate of drug-likeness (QED) is 0.334. The zero-order valence-corrected chi connectivity index (χ0v) is 16.4. The second kappa shape index (κ2) is 7.86. The molecular formula is C22H19FN4S. The molecule has 4 nitrogen and oxygen atoms in total. The number of hydrogen-bond acceptors (Lipinski definition) is 5. The molecule has 1 N–H and O–H groups in total. The summed E-state index contributed by atoms with van der Waals surface area (Å²) in [5.41, 5.74) is 5.98. The minimum Gasteiger partial charge on any atom is -0.260 e. The Labute approximate surface area is 166 Å². The highest BCUT2D eigenvalue weighted by molar-refractivity contribution is 7.21. The van der Waals surface area contributed by atoms with E-state index in [4.69, 9.17) is 0 Å². The van der Waals surface area contributed by atoms with Gasteiger partial charge in [-0.15, -0.1) is 11.3 Å². The molecule has 2 aromatic carbocycles. The Bertz CT molecular complexity index is 1130. The van der Waals surface area contributed by atoms with Gasteiger partial charge in [0.1, 0.15) is 16.5 Å². The number of hydrazone groups is 1. The first-order chi connectivity index (χ1) is 13.6. The molecule has 0 atom stereocenters. The zero-order valence-electron chi connectivity index (χ0n) is 15.6. The smallest absolute Gasteiger partial charge is 0.158 e. The summed E-state index contributed by atoms with van der Waals surface area (Å²) in [5, 5.41) is 5.48. The van der Waals surface area contributed by atoms with Crippen molar-refractivity contribution in [3.05, 3.63) is 77.9 Å². The summed E-state index contributed by atoms with van der Waals surface area (Å²) in [7, 11) is 0. The third-order valence-electron chi connectivity index (χ3n) is 4.37. The highest BCUT2D eigenvalue weighted by Crippen LogP contribution is 2.35. The number of nitrogens with one attached hydrogen (secondary N) is 1. The highest BCUT2D eigenvalue weighted by atomic mass is 32.1. The van der Waals surface area contributed by atoms with Gasteiger partial charge < -0.3 is 0 Å². The van der Waals surface area contributed by atoms with Crippen LogP contribution in [0.25, 0.3) is 20.7 Å². The molecule has 0 saturated carbocycles. The van der Waals surface area contributed by atoms with Crippen LogP contribution in [0.4, 0.5) is 10.2 Å². The Balaban J connectivity index is 1.71. The van der Waals surface area contributed by atoms with E-state index in [2.05, 4.69) is 38.7 Å². The van der Waals surface area contributed by atoms with Crippen molar-refractivity contribution in [3.63, 3.8) is 0 Å². The fourth-order valence-corrected chi connectivity index (χ4v) is 4.05. The molecule has 28 heavy (non-hydrogen) atoms. The average Bonchev–Trinajstić information content (AvgIpc) is 3.14. The van der Waals surface area contributed by atoms with E-state index in [0.717, 1.165) is 31.9 Å². The second-order valence-electron chi connectivity index (χ2n) is 6.35. The van der Waals surface area contributed by atoms with Crippen molar-refractivity contribution >= 4 is 33.1 Å². The van der Waals surface area contributed by atoms with Gasteiger partial charge in [-0.1, -0.05) is 49.4 Å². The minimum absolute atomic E-state index is 0.257. The topological polar surface area (TPSA) is 50.2 Å². The van der Waals surface area contributed by atoms with Crippen LogP contribution in [-0.2, 0) is 0 Å². The molecule has 0 bridgehead atoms. The molecule has 4 rings (SSSR count). The van der Waals surface area contributed by atoms with E-state index in [1.165, 1.54) is 12.1 Å². The lowest BCUT2D eigenvalue weighted by Gasteiger charge is -2.07. The number of fused-ring (bicyclic) bond motifs is 1. The fourth-order valence-electron chi connectivity index (χ4n) is 2.97. The van der Waals surface area contributed by atoms with Crippen LogP contribution in [0.1, 0.15) is 24.7 Å². The lowest BCUT2D eigenvalue weighted by Crippen LogP contribution is -2.05. The summed E-state index contributed by atoms with van der Waals surface area (Å²) in [4.78, 5) is 11.2. The van der Waals surface area contributed by atoms with Crippen molar-refractivity contribution in [1.82, 2.24) is 9.97 Å². The maximum atomic E-state index is 13.2. The summed E-state index contributed by atoms with van der Waals surface area (Å²) in [5.74, 6) is 1.10. The van der Waals surface area contributed by atoms with Crippen molar-refractivity contribution in [3.8, 4) is 10.4 Å². The van der Waals surface area contributed by atoms with Crippen molar-refractivity contribution < 1.29 is 4.39 Å². The molecular weight excluding hydrogens is 371 g/mol. The number of benzene rings is 2. The fraction of sp³-hybridized carbons (Fsp3) is 0.136. The molecule has 0 fully saturated rings. The van der Waals surface area contributed by atoms with Gasteiger partial charge >= 0.3 is 0 Å². The normalized spacial score (nSPS) is 11.8. The number of aryl methyl sites for hydroxylation is 1. The molecule has 140 valence electrons. The van der Waals surface area contributed by atoms with Crippen LogP contribution in [0.15, 0.2) is 65.8 Å². The van der Waals surface area contributed by atoms with Gasteiger partial charge in [0.25, 0.3) is 0 Å². The van der Waals surface area contributed by atoms with Crippen LogP contribution < -0.4 is 5.43 Å². The van der Waals surface area contributed by atoms with Crippen LogP contribution in [0.3, 0.4) is 0 Å². The van der Waals surface area contributed by atoms with Crippen molar-refractivity contribution in [2.45, 2.75) is 20.3 Å². The van der Waals surface area contributed by atoms with E-state index in [0.29, 0.717) is 18.1 Å². The molecule has 0 radical (unpaired) electrons. The maximum Gasteiger partial charge on any atom is 0.158 e. The molecule has 0 unspecified atom stereocenters. The Morgan fingerprint density at radius 2 is 1.82 bits per heavy atom. The molecule has 0 aliphatic rings. The number of aromatic nitrogens is 2. The Kier molecular flexibility index (Phi) is 5.12. The molecule has 0 saturated heterocycles. The summed E-state index contributed by atoms with van der Waals surface area (Å²) in [6.07, 6.45) is 0.713. The summed E-state index contributed by atoms with van der Waals surface area (Å²) in [6.45, 7) is 3.89. The Morgan fingerprint density at radius 1 is 1.07 bits per heavy atom. The number of thiophene rings is 1. The van der Waals surface area contributed by atoms with Crippen molar-refractivity contribution in [2.24, 2.45) is 5.10 Å². The predicted octanol–water partition coefficient (Wildman–Crippen LogP) is 6.03. The molecule has 2 aromatic heterocycles. The molecule has 0 aliphatic carbocycles. The third-order valence-corrected chi connectivity index (χ3v) is 5.45. The lowest BCUT2D eigenvalue weighted by molar-refractivity contribution is 0.627. The molecule has 0 spiro atoms. The SMILES string of the molecule is CC/C(=N/Nc1nc(C)nc2sc(-c3ccccc3)cc12)c1ccc(F)cc1. The first-order valence-corrected chi connectivity index (χ1v) is 9.88. The first-order valence-electron chi connectivity index (χ1n) is 9.06. The van der Waals surface area contributed by atoms with Crippen molar-refractivity contribution in [1.29, 1.82) is 0 Å². The molecule has 2 heterocycles. The van der Waals surface area contributed by atoms with Crippen LogP contribution in [0.5, 0.6) is 0 Å². The number of hydrogen-bond donors (Lipinski definition) is 1. The zero-order chi connectivity index (χ0) is 19.5. The van der Waals surface area contributed by atoms with Gasteiger partial charge in [-0.3, -0.25) is 5.43 Å². The van der Waals surface area contributed by atoms with E-state index in [9.17, 15) is 4.39 Å². The minimum atomic E-state index is -0.257. The average molecular weight is 390 g/mol. The van der Waals surface area contributed by atoms with E-state index < -0.39 is 0 Å². The van der Waals surface area contributed by atoms with Gasteiger partial charge in [-0.2, -0.15) is 5.10 Å². The number of rotatable bonds is 5. The van der Waals surface area contributed by atoms with E-state index >= 15 is 0 Å². The monoisotopic (exact) mass is 390 g/mol. The first kappa shape index (κ1) is 18.3. The Morgan fingerprint density at radius 3 is 2.54 bits per heavy atom. The van der Waals surface area contributed by atoms with E-state index in [1.54, 1.807) is 23.5 Å². The molecule has 0 amide bonds. The number of nitrogens with zero attached hydrogens (tertiary/aromatic N) is 3. The van der Waals surface area contributed by atoms with Gasteiger partial charge in [0.05, 0.1) is 11.1 Å². The van der Waals surface area contributed by atoms with Crippen LogP contribution in [-0.4, -0.2) is 15.7 Å². The predicted molar refractivity (Wildman–Crippen MR) is 114 cm³/mol. The highest BCUT2D eigenvalue weighted by Gasteiger charge is 2.12.